The van der Waals surface area contributed by atoms with Gasteiger partial charge in [-0.15, -0.1) is 11.3 Å². The van der Waals surface area contributed by atoms with E-state index in [4.69, 9.17) is 23.1 Å². The first-order chi connectivity index (χ1) is 16.4. The molecule has 0 radical (unpaired) electrons. The molecule has 0 aliphatic carbocycles. The van der Waals surface area contributed by atoms with Gasteiger partial charge in [-0.3, -0.25) is 9.36 Å². The van der Waals surface area contributed by atoms with Crippen LogP contribution in [0.3, 0.4) is 0 Å². The lowest BCUT2D eigenvalue weighted by atomic mass is 10.2. The molecule has 5 rings (SSSR count). The summed E-state index contributed by atoms with van der Waals surface area (Å²) in [4.78, 5) is 30.2. The summed E-state index contributed by atoms with van der Waals surface area (Å²) in [5, 5.41) is 1.89. The van der Waals surface area contributed by atoms with Crippen molar-refractivity contribution < 1.29 is 0 Å². The number of rotatable bonds is 3. The molecular formula is C24H22ClN7OS. The number of anilines is 2. The van der Waals surface area contributed by atoms with Gasteiger partial charge in [-0.1, -0.05) is 42.8 Å². The normalized spacial score (nSPS) is 10.7. The summed E-state index contributed by atoms with van der Waals surface area (Å²) >= 11 is 7.71. The Morgan fingerprint density at radius 2 is 1.76 bits per heavy atom. The number of aryl methyl sites for hydroxylation is 2. The zero-order valence-corrected chi connectivity index (χ0v) is 20.1. The molecule has 0 fully saturated rings. The average molecular weight is 492 g/mol. The van der Waals surface area contributed by atoms with E-state index < -0.39 is 0 Å². The summed E-state index contributed by atoms with van der Waals surface area (Å²) in [5.41, 5.74) is 13.2. The molecule has 3 aromatic heterocycles. The number of nitrogens with zero attached hydrogens (tertiary/aromatic N) is 5. The van der Waals surface area contributed by atoms with Crippen molar-refractivity contribution in [3.63, 3.8) is 0 Å². The Morgan fingerprint density at radius 3 is 2.41 bits per heavy atom. The molecule has 172 valence electrons. The minimum atomic E-state index is -0.122. The average Bonchev–Trinajstić information content (AvgIpc) is 3.25. The van der Waals surface area contributed by atoms with Crippen LogP contribution in [-0.2, 0) is 6.42 Å². The van der Waals surface area contributed by atoms with E-state index in [0.29, 0.717) is 28.2 Å². The Morgan fingerprint density at radius 1 is 1.00 bits per heavy atom. The van der Waals surface area contributed by atoms with Crippen LogP contribution in [0.2, 0.25) is 5.02 Å². The first-order valence-electron chi connectivity index (χ1n) is 10.5. The number of thiazole rings is 1. The lowest BCUT2D eigenvalue weighted by molar-refractivity contribution is 0.833. The number of hydrogen-bond donors (Lipinski definition) is 2. The van der Waals surface area contributed by atoms with Crippen molar-refractivity contribution in [2.75, 3.05) is 11.5 Å². The molecule has 5 aromatic rings. The van der Waals surface area contributed by atoms with Crippen molar-refractivity contribution in [3.8, 4) is 16.1 Å². The fourth-order valence-corrected chi connectivity index (χ4v) is 4.45. The van der Waals surface area contributed by atoms with Crippen molar-refractivity contribution in [1.82, 2.24) is 24.5 Å². The van der Waals surface area contributed by atoms with Gasteiger partial charge in [0.2, 0.25) is 5.95 Å². The molecule has 0 spiro atoms. The van der Waals surface area contributed by atoms with Crippen molar-refractivity contribution in [2.45, 2.75) is 20.3 Å². The molecule has 0 aliphatic heterocycles. The lowest BCUT2D eigenvalue weighted by Crippen LogP contribution is -2.23. The molecule has 0 aliphatic rings. The molecule has 0 saturated carbocycles. The van der Waals surface area contributed by atoms with E-state index in [2.05, 4.69) is 19.9 Å². The second kappa shape index (κ2) is 9.98. The maximum Gasteiger partial charge on any atom is 0.267 e. The van der Waals surface area contributed by atoms with E-state index in [9.17, 15) is 4.79 Å². The molecule has 8 nitrogen and oxygen atoms in total. The van der Waals surface area contributed by atoms with Crippen molar-refractivity contribution in [3.05, 3.63) is 87.1 Å². The van der Waals surface area contributed by atoms with Crippen LogP contribution < -0.4 is 17.0 Å². The van der Waals surface area contributed by atoms with Gasteiger partial charge in [-0.2, -0.15) is 4.98 Å². The maximum atomic E-state index is 12.8. The number of benzene rings is 2. The number of nitrogens with two attached hydrogens (primary N) is 2. The highest BCUT2D eigenvalue weighted by Gasteiger charge is 2.13. The third-order valence-corrected chi connectivity index (χ3v) is 6.23. The first kappa shape index (κ1) is 23.3. The number of halogens is 1. The highest BCUT2D eigenvalue weighted by Crippen LogP contribution is 2.28. The van der Waals surface area contributed by atoms with Gasteiger partial charge in [0.05, 0.1) is 37.1 Å². The quantitative estimate of drug-likeness (QED) is 0.375. The Bertz CT molecular complexity index is 1520. The Balaban J connectivity index is 0.000000172. The second-order valence-electron chi connectivity index (χ2n) is 7.26. The topological polar surface area (TPSA) is 126 Å². The van der Waals surface area contributed by atoms with Crippen LogP contribution in [0, 0.1) is 6.92 Å². The number of fused-ring (bicyclic) bond motifs is 1. The molecule has 0 amide bonds. The highest BCUT2D eigenvalue weighted by molar-refractivity contribution is 7.15. The van der Waals surface area contributed by atoms with E-state index in [0.717, 1.165) is 27.0 Å². The zero-order chi connectivity index (χ0) is 24.2. The Kier molecular flexibility index (Phi) is 6.85. The fourth-order valence-electron chi connectivity index (χ4n) is 3.40. The third kappa shape index (κ3) is 4.75. The van der Waals surface area contributed by atoms with Crippen molar-refractivity contribution in [1.29, 1.82) is 0 Å². The van der Waals surface area contributed by atoms with Gasteiger partial charge >= 0.3 is 0 Å². The van der Waals surface area contributed by atoms with Crippen LogP contribution in [0.15, 0.2) is 65.7 Å². The van der Waals surface area contributed by atoms with Crippen LogP contribution in [0.1, 0.15) is 17.8 Å². The van der Waals surface area contributed by atoms with Crippen LogP contribution >= 0.6 is 22.9 Å². The molecule has 0 unspecified atom stereocenters. The van der Waals surface area contributed by atoms with E-state index in [-0.39, 0.29) is 11.5 Å². The maximum absolute atomic E-state index is 12.8. The summed E-state index contributed by atoms with van der Waals surface area (Å²) in [6, 6.07) is 14.8. The summed E-state index contributed by atoms with van der Waals surface area (Å²) < 4.78 is 1.63. The van der Waals surface area contributed by atoms with Gasteiger partial charge in [0, 0.05) is 18.8 Å². The monoisotopic (exact) mass is 491 g/mol. The molecular weight excluding hydrogens is 470 g/mol. The third-order valence-electron chi connectivity index (χ3n) is 4.97. The minimum absolute atomic E-state index is 0.122. The lowest BCUT2D eigenvalue weighted by Gasteiger charge is -2.12. The second-order valence-corrected chi connectivity index (χ2v) is 8.90. The molecule has 10 heteroatoms. The molecule has 34 heavy (non-hydrogen) atoms. The smallest absolute Gasteiger partial charge is 0.267 e. The Hall–Kier alpha value is -3.82. The number of para-hydroxylation sites is 1. The van der Waals surface area contributed by atoms with Crippen molar-refractivity contribution in [2.24, 2.45) is 0 Å². The summed E-state index contributed by atoms with van der Waals surface area (Å²) in [5.74, 6) is 1.31. The molecule has 2 aromatic carbocycles. The van der Waals surface area contributed by atoms with E-state index >= 15 is 0 Å². The minimum Gasteiger partial charge on any atom is -0.383 e. The van der Waals surface area contributed by atoms with Crippen molar-refractivity contribution >= 4 is 45.6 Å². The first-order valence-corrected chi connectivity index (χ1v) is 11.6. The van der Waals surface area contributed by atoms with Crippen LogP contribution in [0.4, 0.5) is 11.8 Å². The predicted molar refractivity (Wildman–Crippen MR) is 138 cm³/mol. The van der Waals surface area contributed by atoms with Gasteiger partial charge in [-0.05, 0) is 31.2 Å². The van der Waals surface area contributed by atoms with Gasteiger partial charge in [0.15, 0.2) is 0 Å². The van der Waals surface area contributed by atoms with Crippen LogP contribution in [0.5, 0.6) is 0 Å². The van der Waals surface area contributed by atoms with Gasteiger partial charge in [-0.25, -0.2) is 15.0 Å². The Labute approximate surface area is 204 Å². The van der Waals surface area contributed by atoms with Gasteiger partial charge in [0.25, 0.3) is 5.56 Å². The molecule has 0 bridgehead atoms. The predicted octanol–water partition coefficient (Wildman–Crippen LogP) is 4.67. The fraction of sp³-hybridized carbons (Fsp3) is 0.125. The molecule has 0 atom stereocenters. The SMILES string of the molecule is CCc1nc2cccc(Cl)c2c(=O)n1-c1ccccc1.Cc1ncc(-c2cnc(N)nc2N)s1. The zero-order valence-electron chi connectivity index (χ0n) is 18.6. The standard InChI is InChI=1S/C16H13ClN2O.C8H9N5S/c1-2-14-18-13-10-6-9-12(17)15(13)16(20)19(14)11-7-4-3-5-8-11;1-4-11-3-6(14-4)5-2-12-8(10)13-7(5)9/h3-10H,2H2,1H3;2-3H,1H3,(H4,9,10,12,13). The van der Waals surface area contributed by atoms with Crippen LogP contribution in [0.25, 0.3) is 27.0 Å². The van der Waals surface area contributed by atoms with Gasteiger partial charge in [0.1, 0.15) is 11.6 Å². The van der Waals surface area contributed by atoms with E-state index in [1.807, 2.05) is 56.3 Å². The number of hydrogen-bond acceptors (Lipinski definition) is 8. The highest BCUT2D eigenvalue weighted by atomic mass is 35.5. The summed E-state index contributed by atoms with van der Waals surface area (Å²) in [6.45, 7) is 3.92. The molecule has 4 N–H and O–H groups in total. The number of nitrogen functional groups attached to an aromatic ring is 2. The molecule has 3 heterocycles. The summed E-state index contributed by atoms with van der Waals surface area (Å²) in [6.07, 6.45) is 4.04. The van der Waals surface area contributed by atoms with Gasteiger partial charge < -0.3 is 11.5 Å². The molecule has 0 saturated heterocycles. The number of aromatic nitrogens is 5. The largest absolute Gasteiger partial charge is 0.383 e. The van der Waals surface area contributed by atoms with E-state index in [1.54, 1.807) is 34.4 Å². The van der Waals surface area contributed by atoms with Crippen LogP contribution in [-0.4, -0.2) is 24.5 Å². The van der Waals surface area contributed by atoms with E-state index in [1.165, 1.54) is 0 Å². The summed E-state index contributed by atoms with van der Waals surface area (Å²) in [7, 11) is 0.